The van der Waals surface area contributed by atoms with E-state index in [0.717, 1.165) is 11.3 Å². The molecule has 0 aromatic heterocycles. The second kappa shape index (κ2) is 9.27. The highest BCUT2D eigenvalue weighted by Crippen LogP contribution is 2.22. The molecule has 1 saturated heterocycles. The second-order valence-corrected chi connectivity index (χ2v) is 9.50. The molecule has 1 heterocycles. The zero-order valence-electron chi connectivity index (χ0n) is 16.7. The average Bonchev–Trinajstić information content (AvgIpc) is 3.08. The maximum absolute atomic E-state index is 12.7. The number of sulfone groups is 1. The molecule has 30 heavy (non-hydrogen) atoms. The summed E-state index contributed by atoms with van der Waals surface area (Å²) in [6.45, 7) is 0.397. The topological polar surface area (TPSA) is 119 Å². The van der Waals surface area contributed by atoms with Crippen LogP contribution in [0.2, 0.25) is 0 Å². The average molecular weight is 432 g/mol. The molecule has 1 aliphatic rings. The van der Waals surface area contributed by atoms with E-state index in [9.17, 15) is 18.0 Å². The number of para-hydroxylation sites is 1. The SMILES string of the molecule is COc1ccc(CN(CC(=O)Nc2ccccc2C(N)=O)C2CCS(=O)(=O)C2)cc1. The second-order valence-electron chi connectivity index (χ2n) is 7.27. The number of hydrogen-bond acceptors (Lipinski definition) is 6. The van der Waals surface area contributed by atoms with Gasteiger partial charge in [0, 0.05) is 12.6 Å². The van der Waals surface area contributed by atoms with Crippen LogP contribution in [0.15, 0.2) is 48.5 Å². The van der Waals surface area contributed by atoms with Gasteiger partial charge in [0.25, 0.3) is 5.91 Å². The molecule has 8 nitrogen and oxygen atoms in total. The first-order valence-corrected chi connectivity index (χ1v) is 11.4. The fraction of sp³-hybridized carbons (Fsp3) is 0.333. The van der Waals surface area contributed by atoms with Crippen molar-refractivity contribution in [2.45, 2.75) is 19.0 Å². The number of benzene rings is 2. The molecule has 9 heteroatoms. The Labute approximate surface area is 175 Å². The summed E-state index contributed by atoms with van der Waals surface area (Å²) >= 11 is 0. The number of anilines is 1. The van der Waals surface area contributed by atoms with Crippen molar-refractivity contribution in [2.24, 2.45) is 5.73 Å². The highest BCUT2D eigenvalue weighted by molar-refractivity contribution is 7.91. The first kappa shape index (κ1) is 21.8. The van der Waals surface area contributed by atoms with Gasteiger partial charge >= 0.3 is 0 Å². The Morgan fingerprint density at radius 2 is 1.87 bits per heavy atom. The maximum Gasteiger partial charge on any atom is 0.250 e. The smallest absolute Gasteiger partial charge is 0.250 e. The van der Waals surface area contributed by atoms with Gasteiger partial charge in [-0.1, -0.05) is 24.3 Å². The van der Waals surface area contributed by atoms with Crippen LogP contribution in [0.25, 0.3) is 0 Å². The molecule has 1 atom stereocenters. The Balaban J connectivity index is 1.76. The number of carbonyl (C=O) groups is 2. The minimum Gasteiger partial charge on any atom is -0.497 e. The maximum atomic E-state index is 12.7. The van der Waals surface area contributed by atoms with Gasteiger partial charge in [0.1, 0.15) is 5.75 Å². The van der Waals surface area contributed by atoms with Gasteiger partial charge < -0.3 is 15.8 Å². The highest BCUT2D eigenvalue weighted by atomic mass is 32.2. The van der Waals surface area contributed by atoms with Crippen LogP contribution in [0.1, 0.15) is 22.3 Å². The number of hydrogen-bond donors (Lipinski definition) is 2. The number of amides is 2. The van der Waals surface area contributed by atoms with Crippen LogP contribution >= 0.6 is 0 Å². The first-order valence-electron chi connectivity index (χ1n) is 9.53. The van der Waals surface area contributed by atoms with Crippen molar-refractivity contribution in [2.75, 3.05) is 30.5 Å². The molecule has 2 aromatic rings. The Morgan fingerprint density at radius 1 is 1.17 bits per heavy atom. The molecule has 2 amide bonds. The standard InChI is InChI=1S/C21H25N3O5S/c1-29-17-8-6-15(7-9-17)12-24(16-10-11-30(27,28)14-16)13-20(25)23-19-5-3-2-4-18(19)21(22)26/h2-9,16H,10-14H2,1H3,(H2,22,26)(H,23,25). The van der Waals surface area contributed by atoms with Crippen molar-refractivity contribution >= 4 is 27.3 Å². The van der Waals surface area contributed by atoms with Crippen molar-refractivity contribution < 1.29 is 22.7 Å². The van der Waals surface area contributed by atoms with Gasteiger partial charge in [-0.05, 0) is 36.2 Å². The van der Waals surface area contributed by atoms with Gasteiger partial charge in [-0.15, -0.1) is 0 Å². The molecule has 0 bridgehead atoms. The first-order chi connectivity index (χ1) is 14.3. The van der Waals surface area contributed by atoms with Crippen LogP contribution in [-0.4, -0.2) is 56.3 Å². The monoisotopic (exact) mass is 431 g/mol. The van der Waals surface area contributed by atoms with Crippen LogP contribution in [0, 0.1) is 0 Å². The fourth-order valence-electron chi connectivity index (χ4n) is 3.52. The molecule has 0 radical (unpaired) electrons. The van der Waals surface area contributed by atoms with Crippen LogP contribution in [-0.2, 0) is 21.2 Å². The fourth-order valence-corrected chi connectivity index (χ4v) is 5.29. The lowest BCUT2D eigenvalue weighted by molar-refractivity contribution is -0.117. The van der Waals surface area contributed by atoms with E-state index >= 15 is 0 Å². The van der Waals surface area contributed by atoms with Crippen molar-refractivity contribution in [1.29, 1.82) is 0 Å². The van der Waals surface area contributed by atoms with E-state index < -0.39 is 15.7 Å². The zero-order valence-corrected chi connectivity index (χ0v) is 17.5. The third-order valence-electron chi connectivity index (χ3n) is 5.08. The summed E-state index contributed by atoms with van der Waals surface area (Å²) in [5.74, 6) is -0.129. The molecule has 160 valence electrons. The Morgan fingerprint density at radius 3 is 2.47 bits per heavy atom. The molecule has 1 aliphatic heterocycles. The van der Waals surface area contributed by atoms with Gasteiger partial charge in [-0.2, -0.15) is 0 Å². The largest absolute Gasteiger partial charge is 0.497 e. The van der Waals surface area contributed by atoms with E-state index in [2.05, 4.69) is 5.32 Å². The summed E-state index contributed by atoms with van der Waals surface area (Å²) in [4.78, 5) is 26.2. The normalized spacial score (nSPS) is 17.6. The van der Waals surface area contributed by atoms with E-state index in [0.29, 0.717) is 18.7 Å². The van der Waals surface area contributed by atoms with Gasteiger partial charge in [0.2, 0.25) is 5.91 Å². The van der Waals surface area contributed by atoms with Crippen molar-refractivity contribution in [1.82, 2.24) is 4.90 Å². The summed E-state index contributed by atoms with van der Waals surface area (Å²) < 4.78 is 29.1. The minimum atomic E-state index is -3.11. The number of nitrogens with one attached hydrogen (secondary N) is 1. The van der Waals surface area contributed by atoms with Gasteiger partial charge in [0.15, 0.2) is 9.84 Å². The molecule has 2 aromatic carbocycles. The number of carbonyl (C=O) groups excluding carboxylic acids is 2. The number of ether oxygens (including phenoxy) is 1. The third kappa shape index (κ3) is 5.58. The Kier molecular flexibility index (Phi) is 6.73. The summed E-state index contributed by atoms with van der Waals surface area (Å²) in [6, 6.07) is 13.7. The quantitative estimate of drug-likeness (QED) is 0.653. The predicted molar refractivity (Wildman–Crippen MR) is 114 cm³/mol. The van der Waals surface area contributed by atoms with Crippen molar-refractivity contribution in [3.05, 3.63) is 59.7 Å². The van der Waals surface area contributed by atoms with Crippen LogP contribution in [0.4, 0.5) is 5.69 Å². The molecule has 0 spiro atoms. The van der Waals surface area contributed by atoms with E-state index in [4.69, 9.17) is 10.5 Å². The molecule has 0 saturated carbocycles. The lowest BCUT2D eigenvalue weighted by Crippen LogP contribution is -2.41. The van der Waals surface area contributed by atoms with Gasteiger partial charge in [0.05, 0.1) is 36.4 Å². The summed E-state index contributed by atoms with van der Waals surface area (Å²) in [7, 11) is -1.53. The summed E-state index contributed by atoms with van der Waals surface area (Å²) in [6.07, 6.45) is 0.476. The summed E-state index contributed by atoms with van der Waals surface area (Å²) in [5.41, 5.74) is 6.86. The molecule has 3 rings (SSSR count). The van der Waals surface area contributed by atoms with E-state index in [1.54, 1.807) is 25.3 Å². The number of rotatable bonds is 8. The van der Waals surface area contributed by atoms with Crippen LogP contribution in [0.5, 0.6) is 5.75 Å². The number of nitrogens with zero attached hydrogens (tertiary/aromatic N) is 1. The number of methoxy groups -OCH3 is 1. The Hall–Kier alpha value is -2.91. The third-order valence-corrected chi connectivity index (χ3v) is 6.83. The summed E-state index contributed by atoms with van der Waals surface area (Å²) in [5, 5.41) is 2.72. The van der Waals surface area contributed by atoms with E-state index in [1.165, 1.54) is 6.07 Å². The van der Waals surface area contributed by atoms with Crippen molar-refractivity contribution in [3.8, 4) is 5.75 Å². The number of primary amides is 1. The molecule has 1 fully saturated rings. The lowest BCUT2D eigenvalue weighted by Gasteiger charge is -2.27. The number of nitrogens with two attached hydrogens (primary N) is 1. The predicted octanol–water partition coefficient (Wildman–Crippen LogP) is 1.42. The molecular formula is C21H25N3O5S. The zero-order chi connectivity index (χ0) is 21.7. The van der Waals surface area contributed by atoms with Gasteiger partial charge in [-0.3, -0.25) is 14.5 Å². The van der Waals surface area contributed by atoms with Gasteiger partial charge in [-0.25, -0.2) is 8.42 Å². The Bertz CT molecular complexity index is 1020. The van der Waals surface area contributed by atoms with E-state index in [-0.39, 0.29) is 35.6 Å². The molecular weight excluding hydrogens is 406 g/mol. The molecule has 3 N–H and O–H groups in total. The molecule has 1 unspecified atom stereocenters. The van der Waals surface area contributed by atoms with Crippen LogP contribution < -0.4 is 15.8 Å². The van der Waals surface area contributed by atoms with Crippen LogP contribution in [0.3, 0.4) is 0 Å². The lowest BCUT2D eigenvalue weighted by atomic mass is 10.1. The molecule has 0 aliphatic carbocycles. The van der Waals surface area contributed by atoms with Crippen molar-refractivity contribution in [3.63, 3.8) is 0 Å². The highest BCUT2D eigenvalue weighted by Gasteiger charge is 2.33. The van der Waals surface area contributed by atoms with E-state index in [1.807, 2.05) is 29.2 Å². The minimum absolute atomic E-state index is 0.0146.